The van der Waals surface area contributed by atoms with Crippen molar-refractivity contribution >= 4 is 59.4 Å². The summed E-state index contributed by atoms with van der Waals surface area (Å²) in [5.74, 6) is -0.424. The van der Waals surface area contributed by atoms with Crippen molar-refractivity contribution in [1.82, 2.24) is 0 Å². The van der Waals surface area contributed by atoms with Gasteiger partial charge in [-0.3, -0.25) is 9.11 Å². The summed E-state index contributed by atoms with van der Waals surface area (Å²) < 4.78 is 65.5. The van der Waals surface area contributed by atoms with Gasteiger partial charge in [0.05, 0.1) is 22.0 Å². The fraction of sp³-hybridized carbons (Fsp3) is 0.154. The van der Waals surface area contributed by atoms with E-state index < -0.39 is 30.9 Å². The zero-order valence-electron chi connectivity index (χ0n) is 20.8. The summed E-state index contributed by atoms with van der Waals surface area (Å²) in [6.07, 6.45) is 2.13. The summed E-state index contributed by atoms with van der Waals surface area (Å²) in [6, 6.07) is 17.9. The number of azo groups is 2. The zero-order valence-corrected chi connectivity index (χ0v) is 22.4. The van der Waals surface area contributed by atoms with Crippen molar-refractivity contribution in [2.45, 2.75) is 22.6 Å². The number of nitrogens with zero attached hydrogens (tertiary/aromatic N) is 5. The highest BCUT2D eigenvalue weighted by molar-refractivity contribution is 7.86. The predicted octanol–water partition coefficient (Wildman–Crippen LogP) is 6.47. The van der Waals surface area contributed by atoms with Gasteiger partial charge in [0, 0.05) is 24.2 Å². The first-order valence-corrected chi connectivity index (χ1v) is 14.9. The van der Waals surface area contributed by atoms with Crippen LogP contribution in [0.25, 0.3) is 10.8 Å². The second kappa shape index (κ2) is 10.7. The molecule has 1 saturated heterocycles. The number of hydrogen-bond donors (Lipinski definition) is 3. The summed E-state index contributed by atoms with van der Waals surface area (Å²) in [5, 5.41) is 27.7. The standard InChI is InChI=1S/C26H23N5O7S2/c32-26-23-12-9-21(31-13-1-2-14-31)15-17(23)16-24(40(36,37)38)25(26)30-29-19-5-3-18(4-6-19)27-28-20-7-10-22(11-8-20)39(33,34)35/h3-12,15-16,32H,1-2,13-14H2,(H,33,34,35)(H,36,37,38)/b28-27?,30-29-. The van der Waals surface area contributed by atoms with Gasteiger partial charge in [-0.2, -0.15) is 32.2 Å². The third-order valence-corrected chi connectivity index (χ3v) is 8.05. The molecule has 0 unspecified atom stereocenters. The SMILES string of the molecule is O=S(=O)(O)c1ccc(N=Nc2ccc(/N=N\c3c(S(=O)(=O)O)cc4cc(N5CCCC5)ccc4c3O)cc2)cc1. The maximum atomic E-state index is 12.2. The number of rotatable bonds is 7. The number of aromatic hydroxyl groups is 1. The fourth-order valence-corrected chi connectivity index (χ4v) is 5.44. The Hall–Kier alpha value is -4.24. The largest absolute Gasteiger partial charge is 0.505 e. The number of fused-ring (bicyclic) bond motifs is 1. The molecule has 4 aromatic rings. The van der Waals surface area contributed by atoms with Crippen molar-refractivity contribution in [3.63, 3.8) is 0 Å². The van der Waals surface area contributed by atoms with Gasteiger partial charge in [-0.15, -0.1) is 5.11 Å². The molecule has 14 heteroatoms. The Labute approximate surface area is 229 Å². The van der Waals surface area contributed by atoms with Gasteiger partial charge in [-0.05, 0) is 91.0 Å². The van der Waals surface area contributed by atoms with E-state index in [2.05, 4.69) is 25.4 Å². The molecule has 5 rings (SSSR count). The molecule has 1 aliphatic heterocycles. The number of phenols is 1. The third kappa shape index (κ3) is 5.99. The lowest BCUT2D eigenvalue weighted by molar-refractivity contribution is 0.472. The van der Waals surface area contributed by atoms with Gasteiger partial charge >= 0.3 is 0 Å². The lowest BCUT2D eigenvalue weighted by atomic mass is 10.1. The molecule has 0 spiro atoms. The minimum absolute atomic E-state index is 0.261. The summed E-state index contributed by atoms with van der Waals surface area (Å²) in [7, 11) is -9.04. The number of hydrogen-bond acceptors (Lipinski definition) is 10. The maximum absolute atomic E-state index is 12.2. The Morgan fingerprint density at radius 2 is 1.18 bits per heavy atom. The first kappa shape index (κ1) is 27.3. The van der Waals surface area contributed by atoms with Crippen LogP contribution in [0.1, 0.15) is 12.8 Å². The number of benzene rings is 4. The monoisotopic (exact) mass is 581 g/mol. The van der Waals surface area contributed by atoms with Crippen LogP contribution in [0.15, 0.2) is 103 Å². The smallest absolute Gasteiger partial charge is 0.296 e. The van der Waals surface area contributed by atoms with E-state index in [1.807, 2.05) is 6.07 Å². The van der Waals surface area contributed by atoms with E-state index in [1.165, 1.54) is 42.5 Å². The van der Waals surface area contributed by atoms with Crippen LogP contribution in [0, 0.1) is 0 Å². The van der Waals surface area contributed by atoms with Crippen LogP contribution < -0.4 is 4.90 Å². The fourth-order valence-electron chi connectivity index (χ4n) is 4.30. The van der Waals surface area contributed by atoms with Crippen LogP contribution in [0.2, 0.25) is 0 Å². The van der Waals surface area contributed by atoms with E-state index >= 15 is 0 Å². The molecule has 0 aliphatic carbocycles. The molecule has 0 amide bonds. The highest BCUT2D eigenvalue weighted by Gasteiger charge is 2.23. The quantitative estimate of drug-likeness (QED) is 0.164. The van der Waals surface area contributed by atoms with Crippen molar-refractivity contribution < 1.29 is 31.0 Å². The normalized spacial score (nSPS) is 14.6. The first-order valence-electron chi connectivity index (χ1n) is 12.0. The van der Waals surface area contributed by atoms with E-state index in [9.17, 15) is 26.5 Å². The zero-order chi connectivity index (χ0) is 28.5. The Kier molecular flexibility index (Phi) is 7.33. The van der Waals surface area contributed by atoms with Gasteiger partial charge in [-0.1, -0.05) is 0 Å². The summed E-state index contributed by atoms with van der Waals surface area (Å²) in [4.78, 5) is 1.34. The summed E-state index contributed by atoms with van der Waals surface area (Å²) >= 11 is 0. The molecule has 1 aliphatic rings. The third-order valence-electron chi connectivity index (χ3n) is 6.31. The van der Waals surface area contributed by atoms with Crippen LogP contribution in [-0.4, -0.2) is 44.1 Å². The molecule has 12 nitrogen and oxygen atoms in total. The molecule has 0 radical (unpaired) electrons. The van der Waals surface area contributed by atoms with Gasteiger partial charge in [0.1, 0.15) is 10.6 Å². The second-order valence-corrected chi connectivity index (χ2v) is 11.8. The molecular formula is C26H23N5O7S2. The van der Waals surface area contributed by atoms with Gasteiger partial charge in [-0.25, -0.2) is 0 Å². The van der Waals surface area contributed by atoms with Crippen LogP contribution in [-0.2, 0) is 20.2 Å². The van der Waals surface area contributed by atoms with Crippen LogP contribution in [0.4, 0.5) is 28.4 Å². The summed E-state index contributed by atoms with van der Waals surface area (Å²) in [5.41, 5.74) is 1.60. The second-order valence-electron chi connectivity index (χ2n) is 9.03. The van der Waals surface area contributed by atoms with Crippen molar-refractivity contribution in [2.24, 2.45) is 20.5 Å². The van der Waals surface area contributed by atoms with E-state index in [0.717, 1.165) is 31.6 Å². The Balaban J connectivity index is 1.40. The Morgan fingerprint density at radius 1 is 0.650 bits per heavy atom. The van der Waals surface area contributed by atoms with Crippen molar-refractivity contribution in [3.8, 4) is 5.75 Å². The van der Waals surface area contributed by atoms with Crippen molar-refractivity contribution in [2.75, 3.05) is 18.0 Å². The maximum Gasteiger partial charge on any atom is 0.296 e. The van der Waals surface area contributed by atoms with Gasteiger partial charge in [0.25, 0.3) is 20.2 Å². The number of phenolic OH excluding ortho intramolecular Hbond substituents is 1. The first-order chi connectivity index (χ1) is 19.0. The number of anilines is 1. The molecule has 0 bridgehead atoms. The van der Waals surface area contributed by atoms with Crippen LogP contribution in [0.3, 0.4) is 0 Å². The molecule has 1 heterocycles. The lowest BCUT2D eigenvalue weighted by Crippen LogP contribution is -2.17. The topological polar surface area (TPSA) is 182 Å². The van der Waals surface area contributed by atoms with Gasteiger partial charge in [0.15, 0.2) is 5.75 Å². The molecule has 0 saturated carbocycles. The average Bonchev–Trinajstić information content (AvgIpc) is 3.46. The molecule has 0 atom stereocenters. The molecule has 206 valence electrons. The van der Waals surface area contributed by atoms with E-state index in [1.54, 1.807) is 24.3 Å². The van der Waals surface area contributed by atoms with Gasteiger partial charge < -0.3 is 10.0 Å². The summed E-state index contributed by atoms with van der Waals surface area (Å²) in [6.45, 7) is 1.78. The van der Waals surface area contributed by atoms with Crippen molar-refractivity contribution in [3.05, 3.63) is 72.8 Å². The molecule has 3 N–H and O–H groups in total. The minimum atomic E-state index is -4.74. The Morgan fingerprint density at radius 3 is 1.70 bits per heavy atom. The molecule has 1 fully saturated rings. The average molecular weight is 582 g/mol. The van der Waals surface area contributed by atoms with Gasteiger partial charge in [0.2, 0.25) is 0 Å². The highest BCUT2D eigenvalue weighted by Crippen LogP contribution is 2.42. The van der Waals surface area contributed by atoms with E-state index in [4.69, 9.17) is 4.55 Å². The van der Waals surface area contributed by atoms with E-state index in [-0.39, 0.29) is 10.6 Å². The lowest BCUT2D eigenvalue weighted by Gasteiger charge is -2.18. The van der Waals surface area contributed by atoms with Crippen molar-refractivity contribution in [1.29, 1.82) is 0 Å². The van der Waals surface area contributed by atoms with Crippen LogP contribution in [0.5, 0.6) is 5.75 Å². The molecule has 40 heavy (non-hydrogen) atoms. The Bertz CT molecular complexity index is 1850. The predicted molar refractivity (Wildman–Crippen MR) is 148 cm³/mol. The minimum Gasteiger partial charge on any atom is -0.505 e. The van der Waals surface area contributed by atoms with Crippen LogP contribution >= 0.6 is 0 Å². The molecular weight excluding hydrogens is 558 g/mol. The highest BCUT2D eigenvalue weighted by atomic mass is 32.2. The molecule has 0 aromatic heterocycles. The molecule has 4 aromatic carbocycles. The van der Waals surface area contributed by atoms with E-state index in [0.29, 0.717) is 27.8 Å².